The van der Waals surface area contributed by atoms with Gasteiger partial charge in [-0.15, -0.1) is 0 Å². The Labute approximate surface area is 186 Å². The van der Waals surface area contributed by atoms with Gasteiger partial charge in [0.1, 0.15) is 16.4 Å². The molecule has 0 saturated carbocycles. The van der Waals surface area contributed by atoms with Crippen molar-refractivity contribution in [2.75, 3.05) is 10.2 Å². The first kappa shape index (κ1) is 20.5. The van der Waals surface area contributed by atoms with Crippen molar-refractivity contribution in [1.29, 1.82) is 0 Å². The first-order chi connectivity index (χ1) is 14.5. The molecule has 0 aliphatic carbocycles. The van der Waals surface area contributed by atoms with Gasteiger partial charge in [0.25, 0.3) is 11.8 Å². The van der Waals surface area contributed by atoms with Crippen molar-refractivity contribution < 1.29 is 14.0 Å². The van der Waals surface area contributed by atoms with E-state index in [1.165, 1.54) is 24.3 Å². The molecule has 8 heteroatoms. The molecule has 3 aromatic carbocycles. The lowest BCUT2D eigenvalue weighted by molar-refractivity contribution is -0.120. The smallest absolute Gasteiger partial charge is 0.283 e. The highest BCUT2D eigenvalue weighted by Gasteiger charge is 2.41. The standard InChI is InChI=1S/C22H13Cl2FN2O2S/c23-16-7-4-8-17(18(16)24)27-21(28)19(26-14-11-9-13(25)10-12-14)20(22(27)29)30-15-5-2-1-3-6-15/h1-12,26H. The third-order valence-electron chi connectivity index (χ3n) is 4.29. The van der Waals surface area contributed by atoms with Gasteiger partial charge in [0.2, 0.25) is 0 Å². The average Bonchev–Trinajstić information content (AvgIpc) is 2.96. The monoisotopic (exact) mass is 458 g/mol. The number of thioether (sulfide) groups is 1. The number of anilines is 2. The van der Waals surface area contributed by atoms with Crippen LogP contribution in [0.4, 0.5) is 15.8 Å². The molecule has 1 N–H and O–H groups in total. The molecule has 2 amide bonds. The normalized spacial score (nSPS) is 13.9. The zero-order valence-corrected chi connectivity index (χ0v) is 17.6. The van der Waals surface area contributed by atoms with E-state index < -0.39 is 17.6 Å². The molecular formula is C22H13Cl2FN2O2S. The minimum Gasteiger partial charge on any atom is -0.350 e. The second-order valence-electron chi connectivity index (χ2n) is 6.27. The number of carbonyl (C=O) groups is 2. The van der Waals surface area contributed by atoms with Crippen LogP contribution in [0.25, 0.3) is 0 Å². The van der Waals surface area contributed by atoms with Crippen LogP contribution in [-0.2, 0) is 9.59 Å². The summed E-state index contributed by atoms with van der Waals surface area (Å²) in [6.07, 6.45) is 0. The minimum absolute atomic E-state index is 0.0801. The molecule has 0 atom stereocenters. The van der Waals surface area contributed by atoms with Crippen LogP contribution >= 0.6 is 35.0 Å². The lowest BCUT2D eigenvalue weighted by Gasteiger charge is -2.17. The second-order valence-corrected chi connectivity index (χ2v) is 8.14. The summed E-state index contributed by atoms with van der Waals surface area (Å²) in [6, 6.07) is 19.4. The molecule has 0 spiro atoms. The topological polar surface area (TPSA) is 49.4 Å². The van der Waals surface area contributed by atoms with E-state index in [0.29, 0.717) is 5.69 Å². The highest BCUT2D eigenvalue weighted by atomic mass is 35.5. The van der Waals surface area contributed by atoms with Gasteiger partial charge in [-0.05, 0) is 48.5 Å². The maximum absolute atomic E-state index is 13.3. The Bertz CT molecular complexity index is 1170. The Morgan fingerprint density at radius 1 is 0.833 bits per heavy atom. The molecule has 4 rings (SSSR count). The fraction of sp³-hybridized carbons (Fsp3) is 0. The maximum Gasteiger partial charge on any atom is 0.283 e. The number of hydrogen-bond donors (Lipinski definition) is 1. The lowest BCUT2D eigenvalue weighted by Crippen LogP contribution is -2.32. The summed E-state index contributed by atoms with van der Waals surface area (Å²) in [7, 11) is 0. The van der Waals surface area contributed by atoms with Gasteiger partial charge in [0.05, 0.1) is 15.7 Å². The third-order valence-corrected chi connectivity index (χ3v) is 6.19. The van der Waals surface area contributed by atoms with E-state index in [4.69, 9.17) is 23.2 Å². The van der Waals surface area contributed by atoms with Crippen molar-refractivity contribution in [3.05, 3.63) is 99.3 Å². The Morgan fingerprint density at radius 2 is 1.53 bits per heavy atom. The summed E-state index contributed by atoms with van der Waals surface area (Å²) in [4.78, 5) is 28.5. The van der Waals surface area contributed by atoms with E-state index in [0.717, 1.165) is 21.6 Å². The molecule has 0 aromatic heterocycles. The average molecular weight is 459 g/mol. The summed E-state index contributed by atoms with van der Waals surface area (Å²) >= 11 is 13.5. The van der Waals surface area contributed by atoms with E-state index in [-0.39, 0.29) is 26.3 Å². The van der Waals surface area contributed by atoms with Crippen LogP contribution in [0, 0.1) is 5.82 Å². The van der Waals surface area contributed by atoms with Crippen LogP contribution in [0.1, 0.15) is 0 Å². The molecule has 0 unspecified atom stereocenters. The molecule has 150 valence electrons. The van der Waals surface area contributed by atoms with E-state index in [9.17, 15) is 14.0 Å². The first-order valence-electron chi connectivity index (χ1n) is 8.78. The molecule has 1 heterocycles. The van der Waals surface area contributed by atoms with Gasteiger partial charge in [-0.25, -0.2) is 9.29 Å². The molecular weight excluding hydrogens is 446 g/mol. The third kappa shape index (κ3) is 3.94. The summed E-state index contributed by atoms with van der Waals surface area (Å²) in [5.41, 5.74) is 0.746. The number of halogens is 3. The summed E-state index contributed by atoms with van der Waals surface area (Å²) < 4.78 is 13.3. The van der Waals surface area contributed by atoms with Crippen LogP contribution in [0.15, 0.2) is 88.3 Å². The molecule has 0 bridgehead atoms. The fourth-order valence-electron chi connectivity index (χ4n) is 2.88. The molecule has 30 heavy (non-hydrogen) atoms. The SMILES string of the molecule is O=C1C(Nc2ccc(F)cc2)=C(Sc2ccccc2)C(=O)N1c1cccc(Cl)c1Cl. The number of hydrogen-bond acceptors (Lipinski definition) is 4. The predicted octanol–water partition coefficient (Wildman–Crippen LogP) is 6.12. The molecule has 1 aliphatic rings. The Hall–Kier alpha value is -2.80. The van der Waals surface area contributed by atoms with Crippen LogP contribution in [0.3, 0.4) is 0 Å². The number of benzene rings is 3. The van der Waals surface area contributed by atoms with Crippen LogP contribution in [-0.4, -0.2) is 11.8 Å². The van der Waals surface area contributed by atoms with Gasteiger partial charge in [-0.3, -0.25) is 9.59 Å². The fourth-order valence-corrected chi connectivity index (χ4v) is 4.21. The van der Waals surface area contributed by atoms with Crippen molar-refractivity contribution in [3.8, 4) is 0 Å². The number of carbonyl (C=O) groups excluding carboxylic acids is 2. The number of nitrogens with zero attached hydrogens (tertiary/aromatic N) is 1. The first-order valence-corrected chi connectivity index (χ1v) is 10.4. The summed E-state index contributed by atoms with van der Waals surface area (Å²) in [6.45, 7) is 0. The lowest BCUT2D eigenvalue weighted by atomic mass is 10.2. The minimum atomic E-state index is -0.577. The van der Waals surface area contributed by atoms with Gasteiger partial charge < -0.3 is 5.32 Å². The zero-order chi connectivity index (χ0) is 21.3. The van der Waals surface area contributed by atoms with Crippen molar-refractivity contribution in [2.45, 2.75) is 4.90 Å². The zero-order valence-electron chi connectivity index (χ0n) is 15.2. The molecule has 3 aromatic rings. The van der Waals surface area contributed by atoms with Crippen molar-refractivity contribution in [3.63, 3.8) is 0 Å². The van der Waals surface area contributed by atoms with E-state index in [1.807, 2.05) is 30.3 Å². The van der Waals surface area contributed by atoms with E-state index in [1.54, 1.807) is 18.2 Å². The highest BCUT2D eigenvalue weighted by Crippen LogP contribution is 2.41. The maximum atomic E-state index is 13.3. The largest absolute Gasteiger partial charge is 0.350 e. The van der Waals surface area contributed by atoms with Crippen molar-refractivity contribution in [2.24, 2.45) is 0 Å². The highest BCUT2D eigenvalue weighted by molar-refractivity contribution is 8.04. The quantitative estimate of drug-likeness (QED) is 0.467. The molecule has 1 aliphatic heterocycles. The number of amides is 2. The van der Waals surface area contributed by atoms with Crippen molar-refractivity contribution in [1.82, 2.24) is 0 Å². The Morgan fingerprint density at radius 3 is 2.23 bits per heavy atom. The van der Waals surface area contributed by atoms with Crippen LogP contribution in [0.2, 0.25) is 10.0 Å². The van der Waals surface area contributed by atoms with Gasteiger partial charge >= 0.3 is 0 Å². The summed E-state index contributed by atoms with van der Waals surface area (Å²) in [5.74, 6) is -1.51. The Kier molecular flexibility index (Phi) is 5.81. The second kappa shape index (κ2) is 8.52. The predicted molar refractivity (Wildman–Crippen MR) is 118 cm³/mol. The number of imide groups is 1. The van der Waals surface area contributed by atoms with Gasteiger partial charge in [0, 0.05) is 10.6 Å². The molecule has 0 saturated heterocycles. The van der Waals surface area contributed by atoms with E-state index >= 15 is 0 Å². The van der Waals surface area contributed by atoms with Crippen LogP contribution in [0.5, 0.6) is 0 Å². The molecule has 0 fully saturated rings. The van der Waals surface area contributed by atoms with E-state index in [2.05, 4.69) is 5.32 Å². The molecule has 4 nitrogen and oxygen atoms in total. The number of nitrogens with one attached hydrogen (secondary N) is 1. The van der Waals surface area contributed by atoms with Crippen molar-refractivity contribution >= 4 is 58.2 Å². The Balaban J connectivity index is 1.77. The number of rotatable bonds is 5. The van der Waals surface area contributed by atoms with Gasteiger partial charge in [-0.2, -0.15) is 0 Å². The molecule has 0 radical (unpaired) electrons. The summed E-state index contributed by atoms with van der Waals surface area (Å²) in [5, 5.41) is 3.29. The van der Waals surface area contributed by atoms with Crippen LogP contribution < -0.4 is 10.2 Å². The van der Waals surface area contributed by atoms with Gasteiger partial charge in [0.15, 0.2) is 0 Å². The van der Waals surface area contributed by atoms with Gasteiger partial charge in [-0.1, -0.05) is 59.2 Å².